The number of halogens is 2. The molecule has 2 aromatic rings. The van der Waals surface area contributed by atoms with Gasteiger partial charge in [-0.05, 0) is 40.6 Å². The number of anilines is 1. The summed E-state index contributed by atoms with van der Waals surface area (Å²) in [5.74, 6) is 0.660. The van der Waals surface area contributed by atoms with E-state index in [1.165, 1.54) is 12.1 Å². The number of phenolic OH excluding ortho intramolecular Hbond substituents is 1. The minimum atomic E-state index is -0.515. The largest absolute Gasteiger partial charge is 0.508 e. The number of nitrogens with one attached hydrogen (secondary N) is 1. The van der Waals surface area contributed by atoms with Crippen LogP contribution in [-0.4, -0.2) is 22.1 Å². The van der Waals surface area contributed by atoms with Crippen LogP contribution in [0.15, 0.2) is 18.2 Å². The van der Waals surface area contributed by atoms with E-state index in [4.69, 9.17) is 0 Å². The molecular formula is C14H15FIN3O. The molecule has 0 amide bonds. The van der Waals surface area contributed by atoms with Crippen LogP contribution in [0.25, 0.3) is 11.4 Å². The van der Waals surface area contributed by atoms with Crippen molar-refractivity contribution in [1.29, 1.82) is 0 Å². The molecule has 2 N–H and O–H groups in total. The third kappa shape index (κ3) is 3.00. The first kappa shape index (κ1) is 15.0. The second kappa shape index (κ2) is 5.90. The molecule has 4 nitrogen and oxygen atoms in total. The highest BCUT2D eigenvalue weighted by Gasteiger charge is 2.16. The fraction of sp³-hybridized carbons (Fsp3) is 0.286. The Labute approximate surface area is 130 Å². The second-order valence-electron chi connectivity index (χ2n) is 4.70. The number of aromatic nitrogens is 2. The second-order valence-corrected chi connectivity index (χ2v) is 5.78. The van der Waals surface area contributed by atoms with Crippen LogP contribution >= 0.6 is 22.6 Å². The van der Waals surface area contributed by atoms with E-state index in [0.29, 0.717) is 17.2 Å². The smallest absolute Gasteiger partial charge is 0.162 e. The Morgan fingerprint density at radius 1 is 1.25 bits per heavy atom. The number of benzene rings is 1. The van der Waals surface area contributed by atoms with Crippen molar-refractivity contribution in [3.8, 4) is 17.1 Å². The molecular weight excluding hydrogens is 372 g/mol. The minimum absolute atomic E-state index is 0.140. The van der Waals surface area contributed by atoms with Gasteiger partial charge in [-0.25, -0.2) is 14.4 Å². The molecule has 0 radical (unpaired) electrons. The molecule has 0 saturated carbocycles. The molecule has 0 atom stereocenters. The molecule has 0 bridgehead atoms. The summed E-state index contributed by atoms with van der Waals surface area (Å²) in [6, 6.07) is 3.82. The molecule has 20 heavy (non-hydrogen) atoms. The lowest BCUT2D eigenvalue weighted by molar-refractivity contribution is 0.469. The first-order valence-electron chi connectivity index (χ1n) is 6.17. The maximum Gasteiger partial charge on any atom is 0.162 e. The molecule has 1 heterocycles. The topological polar surface area (TPSA) is 58.0 Å². The molecule has 6 heteroatoms. The molecule has 0 unspecified atom stereocenters. The lowest BCUT2D eigenvalue weighted by Gasteiger charge is -2.13. The lowest BCUT2D eigenvalue weighted by Crippen LogP contribution is -2.06. The summed E-state index contributed by atoms with van der Waals surface area (Å²) in [7, 11) is 1.78. The Bertz CT molecular complexity index is 626. The summed E-state index contributed by atoms with van der Waals surface area (Å²) < 4.78 is 14.4. The van der Waals surface area contributed by atoms with Gasteiger partial charge in [0, 0.05) is 18.7 Å². The fourth-order valence-electron chi connectivity index (χ4n) is 1.85. The van der Waals surface area contributed by atoms with Crippen molar-refractivity contribution in [1.82, 2.24) is 9.97 Å². The van der Waals surface area contributed by atoms with Gasteiger partial charge in [-0.15, -0.1) is 0 Å². The van der Waals surface area contributed by atoms with E-state index >= 15 is 0 Å². The van der Waals surface area contributed by atoms with Gasteiger partial charge in [-0.3, -0.25) is 0 Å². The Hall–Kier alpha value is -1.44. The van der Waals surface area contributed by atoms with Crippen LogP contribution in [0.4, 0.5) is 10.2 Å². The third-order valence-corrected chi connectivity index (χ3v) is 3.86. The van der Waals surface area contributed by atoms with Gasteiger partial charge in [0.05, 0.1) is 9.26 Å². The molecule has 0 fully saturated rings. The van der Waals surface area contributed by atoms with Gasteiger partial charge >= 0.3 is 0 Å². The van der Waals surface area contributed by atoms with E-state index in [-0.39, 0.29) is 11.7 Å². The number of phenols is 1. The van der Waals surface area contributed by atoms with Crippen molar-refractivity contribution in [2.24, 2.45) is 0 Å². The zero-order valence-electron chi connectivity index (χ0n) is 11.4. The van der Waals surface area contributed by atoms with Crippen LogP contribution in [0, 0.1) is 9.39 Å². The normalized spacial score (nSPS) is 10.9. The summed E-state index contributed by atoms with van der Waals surface area (Å²) in [4.78, 5) is 8.88. The van der Waals surface area contributed by atoms with Gasteiger partial charge in [-0.1, -0.05) is 13.8 Å². The summed E-state index contributed by atoms with van der Waals surface area (Å²) in [6.07, 6.45) is 0. The lowest BCUT2D eigenvalue weighted by atomic mass is 10.1. The van der Waals surface area contributed by atoms with Gasteiger partial charge in [0.15, 0.2) is 5.82 Å². The zero-order valence-corrected chi connectivity index (χ0v) is 13.6. The Balaban J connectivity index is 2.64. The van der Waals surface area contributed by atoms with E-state index in [1.807, 2.05) is 13.8 Å². The number of hydrogen-bond acceptors (Lipinski definition) is 4. The molecule has 0 aliphatic rings. The van der Waals surface area contributed by atoms with Crippen molar-refractivity contribution in [3.05, 3.63) is 33.3 Å². The third-order valence-electron chi connectivity index (χ3n) is 2.80. The molecule has 0 spiro atoms. The summed E-state index contributed by atoms with van der Waals surface area (Å²) in [5, 5.41) is 12.5. The van der Waals surface area contributed by atoms with Crippen LogP contribution in [0.2, 0.25) is 0 Å². The quantitative estimate of drug-likeness (QED) is 0.788. The number of hydrogen-bond donors (Lipinski definition) is 2. The van der Waals surface area contributed by atoms with E-state index in [1.54, 1.807) is 7.05 Å². The van der Waals surface area contributed by atoms with Crippen molar-refractivity contribution in [2.45, 2.75) is 19.8 Å². The zero-order chi connectivity index (χ0) is 14.9. The van der Waals surface area contributed by atoms with E-state index in [2.05, 4.69) is 37.9 Å². The highest BCUT2D eigenvalue weighted by Crippen LogP contribution is 2.29. The predicted octanol–water partition coefficient (Wildman–Crippen LogP) is 3.76. The SMILES string of the molecule is CNc1nc(-c2cc(O)cc(F)c2)nc(C(C)C)c1I. The highest BCUT2D eigenvalue weighted by atomic mass is 127. The average Bonchev–Trinajstić information content (AvgIpc) is 2.37. The van der Waals surface area contributed by atoms with E-state index < -0.39 is 5.82 Å². The van der Waals surface area contributed by atoms with Crippen LogP contribution in [-0.2, 0) is 0 Å². The van der Waals surface area contributed by atoms with Gasteiger partial charge < -0.3 is 10.4 Å². The standard InChI is InChI=1S/C14H15FIN3O/c1-7(2)12-11(16)14(17-3)19-13(18-12)8-4-9(15)6-10(20)5-8/h4-7,20H,1-3H3,(H,17,18,19). The Kier molecular flexibility index (Phi) is 4.42. The summed E-state index contributed by atoms with van der Waals surface area (Å²) >= 11 is 2.19. The van der Waals surface area contributed by atoms with Crippen molar-refractivity contribution >= 4 is 28.4 Å². The van der Waals surface area contributed by atoms with E-state index in [9.17, 15) is 9.50 Å². The van der Waals surface area contributed by atoms with Crippen molar-refractivity contribution in [2.75, 3.05) is 12.4 Å². The van der Waals surface area contributed by atoms with Crippen LogP contribution in [0.1, 0.15) is 25.5 Å². The Morgan fingerprint density at radius 3 is 2.50 bits per heavy atom. The van der Waals surface area contributed by atoms with Crippen molar-refractivity contribution in [3.63, 3.8) is 0 Å². The van der Waals surface area contributed by atoms with Gasteiger partial charge in [0.2, 0.25) is 0 Å². The first-order chi connectivity index (χ1) is 9.42. The maximum absolute atomic E-state index is 13.4. The molecule has 1 aromatic heterocycles. The molecule has 0 aliphatic heterocycles. The molecule has 106 valence electrons. The van der Waals surface area contributed by atoms with E-state index in [0.717, 1.165) is 15.3 Å². The van der Waals surface area contributed by atoms with Gasteiger partial charge in [-0.2, -0.15) is 0 Å². The van der Waals surface area contributed by atoms with Crippen LogP contribution in [0.5, 0.6) is 5.75 Å². The summed E-state index contributed by atoms with van der Waals surface area (Å²) in [6.45, 7) is 4.08. The highest BCUT2D eigenvalue weighted by molar-refractivity contribution is 14.1. The number of aromatic hydroxyl groups is 1. The van der Waals surface area contributed by atoms with Gasteiger partial charge in [0.1, 0.15) is 17.4 Å². The van der Waals surface area contributed by atoms with Crippen LogP contribution in [0.3, 0.4) is 0 Å². The molecule has 0 aliphatic carbocycles. The molecule has 0 saturated heterocycles. The predicted molar refractivity (Wildman–Crippen MR) is 85.4 cm³/mol. The monoisotopic (exact) mass is 387 g/mol. The average molecular weight is 387 g/mol. The first-order valence-corrected chi connectivity index (χ1v) is 7.25. The molecule has 2 rings (SSSR count). The Morgan fingerprint density at radius 2 is 1.95 bits per heavy atom. The number of rotatable bonds is 3. The minimum Gasteiger partial charge on any atom is -0.508 e. The number of nitrogens with zero attached hydrogens (tertiary/aromatic N) is 2. The summed E-state index contributed by atoms with van der Waals surface area (Å²) in [5.41, 5.74) is 1.35. The fourth-order valence-corrected chi connectivity index (χ4v) is 2.98. The maximum atomic E-state index is 13.4. The van der Waals surface area contributed by atoms with Crippen molar-refractivity contribution < 1.29 is 9.50 Å². The van der Waals surface area contributed by atoms with Gasteiger partial charge in [0.25, 0.3) is 0 Å². The van der Waals surface area contributed by atoms with Crippen LogP contribution < -0.4 is 5.32 Å². The molecule has 1 aromatic carbocycles.